The van der Waals surface area contributed by atoms with Crippen LogP contribution in [0.3, 0.4) is 0 Å². The molecule has 13 heavy (non-hydrogen) atoms. The van der Waals surface area contributed by atoms with Crippen LogP contribution in [0, 0.1) is 6.92 Å². The first kappa shape index (κ1) is 8.89. The van der Waals surface area contributed by atoms with Gasteiger partial charge in [-0.2, -0.15) is 0 Å². The summed E-state index contributed by atoms with van der Waals surface area (Å²) in [5.74, 6) is 0.659. The molecule has 2 heteroatoms. The fraction of sp³-hybridized carbons (Fsp3) is 0.455. The summed E-state index contributed by atoms with van der Waals surface area (Å²) in [6.45, 7) is 5.41. The first-order valence-electron chi connectivity index (χ1n) is 4.73. The Balaban J connectivity index is 2.56. The van der Waals surface area contributed by atoms with Crippen molar-refractivity contribution in [1.82, 2.24) is 0 Å². The maximum atomic E-state index is 6.05. The molecule has 2 rings (SSSR count). The van der Waals surface area contributed by atoms with Crippen molar-refractivity contribution in [2.24, 2.45) is 0 Å². The van der Waals surface area contributed by atoms with Crippen LogP contribution in [0.15, 0.2) is 12.1 Å². The molecule has 0 radical (unpaired) electrons. The summed E-state index contributed by atoms with van der Waals surface area (Å²) in [5.41, 5.74) is 3.85. The molecule has 0 unspecified atom stereocenters. The third-order valence-electron chi connectivity index (χ3n) is 2.84. The molecule has 70 valence electrons. The average Bonchev–Trinajstić information content (AvgIpc) is 2.12. The normalized spacial score (nSPS) is 20.7. The van der Waals surface area contributed by atoms with Crippen LogP contribution in [0.1, 0.15) is 30.4 Å². The van der Waals surface area contributed by atoms with Gasteiger partial charge in [-0.3, -0.25) is 0 Å². The molecule has 1 aromatic rings. The lowest BCUT2D eigenvalue weighted by Crippen LogP contribution is -2.15. The van der Waals surface area contributed by atoms with Gasteiger partial charge < -0.3 is 5.32 Å². The predicted octanol–water partition coefficient (Wildman–Crippen LogP) is 3.57. The van der Waals surface area contributed by atoms with E-state index in [1.165, 1.54) is 23.2 Å². The molecule has 0 bridgehead atoms. The quantitative estimate of drug-likeness (QED) is 0.668. The lowest BCUT2D eigenvalue weighted by atomic mass is 9.91. The third kappa shape index (κ3) is 1.42. The summed E-state index contributed by atoms with van der Waals surface area (Å²) < 4.78 is 0. The lowest BCUT2D eigenvalue weighted by molar-refractivity contribution is 0.682. The topological polar surface area (TPSA) is 12.0 Å². The Morgan fingerprint density at radius 2 is 2.23 bits per heavy atom. The number of anilines is 1. The van der Waals surface area contributed by atoms with Crippen LogP contribution in [-0.4, -0.2) is 6.54 Å². The van der Waals surface area contributed by atoms with Gasteiger partial charge in [0.05, 0.1) is 0 Å². The van der Waals surface area contributed by atoms with E-state index in [-0.39, 0.29) is 0 Å². The number of fused-ring (bicyclic) bond motifs is 1. The van der Waals surface area contributed by atoms with Gasteiger partial charge in [0, 0.05) is 17.3 Å². The number of halogens is 1. The predicted molar refractivity (Wildman–Crippen MR) is 57.7 cm³/mol. The second kappa shape index (κ2) is 3.22. The summed E-state index contributed by atoms with van der Waals surface area (Å²) >= 11 is 6.05. The van der Waals surface area contributed by atoms with E-state index in [9.17, 15) is 0 Å². The van der Waals surface area contributed by atoms with E-state index in [1.807, 2.05) is 6.07 Å². The Kier molecular flexibility index (Phi) is 2.20. The van der Waals surface area contributed by atoms with E-state index in [2.05, 4.69) is 25.2 Å². The summed E-state index contributed by atoms with van der Waals surface area (Å²) in [5, 5.41) is 4.28. The summed E-state index contributed by atoms with van der Waals surface area (Å²) in [7, 11) is 0. The van der Waals surface area contributed by atoms with Crippen molar-refractivity contribution >= 4 is 17.3 Å². The van der Waals surface area contributed by atoms with Crippen LogP contribution in [0.2, 0.25) is 5.02 Å². The minimum atomic E-state index is 0.659. The lowest BCUT2D eigenvalue weighted by Gasteiger charge is -2.25. The highest BCUT2D eigenvalue weighted by molar-refractivity contribution is 6.31. The molecular weight excluding hydrogens is 182 g/mol. The van der Waals surface area contributed by atoms with E-state index in [0.717, 1.165) is 11.6 Å². The van der Waals surface area contributed by atoms with Gasteiger partial charge in [0.1, 0.15) is 0 Å². The second-order valence-electron chi connectivity index (χ2n) is 3.75. The number of rotatable bonds is 0. The van der Waals surface area contributed by atoms with E-state index in [4.69, 9.17) is 11.6 Å². The number of hydrogen-bond donors (Lipinski definition) is 1. The minimum absolute atomic E-state index is 0.659. The van der Waals surface area contributed by atoms with Crippen LogP contribution in [-0.2, 0) is 0 Å². The zero-order valence-corrected chi connectivity index (χ0v) is 8.78. The molecule has 0 spiro atoms. The molecule has 0 amide bonds. The zero-order chi connectivity index (χ0) is 9.42. The summed E-state index contributed by atoms with van der Waals surface area (Å²) in [6.07, 6.45) is 1.22. The molecule has 1 aliphatic heterocycles. The maximum Gasteiger partial charge on any atom is 0.0455 e. The maximum absolute atomic E-state index is 6.05. The molecule has 0 aromatic heterocycles. The van der Waals surface area contributed by atoms with Crippen molar-refractivity contribution in [2.45, 2.75) is 26.2 Å². The number of benzene rings is 1. The molecule has 1 heterocycles. The first-order valence-corrected chi connectivity index (χ1v) is 5.11. The monoisotopic (exact) mass is 195 g/mol. The van der Waals surface area contributed by atoms with E-state index >= 15 is 0 Å². The van der Waals surface area contributed by atoms with Crippen molar-refractivity contribution < 1.29 is 0 Å². The van der Waals surface area contributed by atoms with Crippen molar-refractivity contribution in [3.63, 3.8) is 0 Å². The third-order valence-corrected chi connectivity index (χ3v) is 3.25. The Morgan fingerprint density at radius 1 is 1.46 bits per heavy atom. The summed E-state index contributed by atoms with van der Waals surface area (Å²) in [4.78, 5) is 0. The van der Waals surface area contributed by atoms with Crippen molar-refractivity contribution in [3.05, 3.63) is 28.3 Å². The molecule has 1 atom stereocenters. The van der Waals surface area contributed by atoms with E-state index in [1.54, 1.807) is 0 Å². The van der Waals surface area contributed by atoms with Crippen LogP contribution >= 0.6 is 11.6 Å². The largest absolute Gasteiger partial charge is 0.385 e. The fourth-order valence-electron chi connectivity index (χ4n) is 1.92. The second-order valence-corrected chi connectivity index (χ2v) is 4.16. The smallest absolute Gasteiger partial charge is 0.0455 e. The average molecular weight is 196 g/mol. The highest BCUT2D eigenvalue weighted by atomic mass is 35.5. The van der Waals surface area contributed by atoms with Crippen molar-refractivity contribution in [2.75, 3.05) is 11.9 Å². The Hall–Kier alpha value is -0.690. The number of nitrogens with one attached hydrogen (secondary N) is 1. The molecule has 1 aliphatic rings. The van der Waals surface area contributed by atoms with Crippen LogP contribution in [0.25, 0.3) is 0 Å². The van der Waals surface area contributed by atoms with Gasteiger partial charge in [0.2, 0.25) is 0 Å². The SMILES string of the molecule is Cc1c(Cl)ccc2c1NCC[C@@H]2C. The van der Waals surface area contributed by atoms with Gasteiger partial charge in [-0.1, -0.05) is 24.6 Å². The van der Waals surface area contributed by atoms with Gasteiger partial charge >= 0.3 is 0 Å². The van der Waals surface area contributed by atoms with Gasteiger partial charge in [-0.25, -0.2) is 0 Å². The molecule has 0 saturated heterocycles. The van der Waals surface area contributed by atoms with E-state index in [0.29, 0.717) is 5.92 Å². The standard InChI is InChI=1S/C11H14ClN/c1-7-5-6-13-11-8(2)10(12)4-3-9(7)11/h3-4,7,13H,5-6H2,1-2H3/t7-/m0/s1. The number of hydrogen-bond acceptors (Lipinski definition) is 1. The minimum Gasteiger partial charge on any atom is -0.385 e. The fourth-order valence-corrected chi connectivity index (χ4v) is 2.08. The van der Waals surface area contributed by atoms with Crippen molar-refractivity contribution in [1.29, 1.82) is 0 Å². The molecule has 1 aromatic carbocycles. The Labute approximate surface area is 84.1 Å². The van der Waals surface area contributed by atoms with Crippen molar-refractivity contribution in [3.8, 4) is 0 Å². The summed E-state index contributed by atoms with van der Waals surface area (Å²) in [6, 6.07) is 4.14. The van der Waals surface area contributed by atoms with Gasteiger partial charge in [0.25, 0.3) is 0 Å². The Bertz CT molecular complexity index is 333. The van der Waals surface area contributed by atoms with Gasteiger partial charge in [0.15, 0.2) is 0 Å². The first-order chi connectivity index (χ1) is 6.20. The highest BCUT2D eigenvalue weighted by Gasteiger charge is 2.18. The molecular formula is C11H14ClN. The zero-order valence-electron chi connectivity index (χ0n) is 8.02. The molecule has 0 fully saturated rings. The molecule has 1 N–H and O–H groups in total. The molecule has 1 nitrogen and oxygen atoms in total. The molecule has 0 aliphatic carbocycles. The Morgan fingerprint density at radius 3 is 3.00 bits per heavy atom. The molecule has 0 saturated carbocycles. The van der Waals surface area contributed by atoms with Crippen LogP contribution < -0.4 is 5.32 Å². The van der Waals surface area contributed by atoms with Gasteiger partial charge in [-0.15, -0.1) is 0 Å². The van der Waals surface area contributed by atoms with Gasteiger partial charge in [-0.05, 0) is 36.5 Å². The van der Waals surface area contributed by atoms with E-state index < -0.39 is 0 Å². The van der Waals surface area contributed by atoms with Crippen LogP contribution in [0.4, 0.5) is 5.69 Å². The van der Waals surface area contributed by atoms with Crippen LogP contribution in [0.5, 0.6) is 0 Å². The highest BCUT2D eigenvalue weighted by Crippen LogP contribution is 2.36.